The van der Waals surface area contributed by atoms with Crippen molar-refractivity contribution in [3.63, 3.8) is 0 Å². The maximum absolute atomic E-state index is 12.6. The molecular weight excluding hydrogens is 368 g/mol. The molecule has 2 fully saturated rings. The molecule has 26 heavy (non-hydrogen) atoms. The van der Waals surface area contributed by atoms with E-state index in [0.717, 1.165) is 12.3 Å². The fourth-order valence-corrected chi connectivity index (χ4v) is 5.62. The number of hydrogen-bond donors (Lipinski definition) is 0. The summed E-state index contributed by atoms with van der Waals surface area (Å²) in [6.45, 7) is 4.44. The van der Waals surface area contributed by atoms with Crippen LogP contribution >= 0.6 is 11.6 Å². The summed E-state index contributed by atoms with van der Waals surface area (Å²) in [5.41, 5.74) is 0. The quantitative estimate of drug-likeness (QED) is 0.689. The number of hydrogen-bond acceptors (Lipinski definition) is 3. The van der Waals surface area contributed by atoms with Gasteiger partial charge in [0.1, 0.15) is 0 Å². The first kappa shape index (κ1) is 20.1. The van der Waals surface area contributed by atoms with Crippen molar-refractivity contribution in [1.29, 1.82) is 0 Å². The van der Waals surface area contributed by atoms with Crippen LogP contribution in [0.25, 0.3) is 0 Å². The summed E-state index contributed by atoms with van der Waals surface area (Å²) in [6, 6.07) is 6.42. The van der Waals surface area contributed by atoms with Crippen molar-refractivity contribution >= 4 is 21.6 Å². The van der Waals surface area contributed by atoms with E-state index in [0.29, 0.717) is 22.4 Å². The largest absolute Gasteiger partial charge is 0.303 e. The number of halogens is 1. The second kappa shape index (κ2) is 9.05. The van der Waals surface area contributed by atoms with Crippen molar-refractivity contribution in [3.8, 4) is 0 Å². The van der Waals surface area contributed by atoms with E-state index in [1.165, 1.54) is 62.5 Å². The highest BCUT2D eigenvalue weighted by atomic mass is 35.5. The van der Waals surface area contributed by atoms with E-state index in [-0.39, 0.29) is 0 Å². The van der Waals surface area contributed by atoms with Crippen molar-refractivity contribution in [3.05, 3.63) is 29.3 Å². The Morgan fingerprint density at radius 3 is 2.23 bits per heavy atom. The third-order valence-corrected chi connectivity index (χ3v) is 8.18. The van der Waals surface area contributed by atoms with Crippen LogP contribution in [0.1, 0.15) is 44.9 Å². The summed E-state index contributed by atoms with van der Waals surface area (Å²) in [6.07, 6.45) is 8.78. The highest BCUT2D eigenvalue weighted by molar-refractivity contribution is 7.89. The van der Waals surface area contributed by atoms with Crippen molar-refractivity contribution in [2.24, 2.45) is 11.8 Å². The van der Waals surface area contributed by atoms with Crippen molar-refractivity contribution in [2.45, 2.75) is 49.8 Å². The molecule has 6 heteroatoms. The van der Waals surface area contributed by atoms with Gasteiger partial charge >= 0.3 is 0 Å². The summed E-state index contributed by atoms with van der Waals surface area (Å²) in [4.78, 5) is 2.94. The first-order valence-corrected chi connectivity index (χ1v) is 11.7. The second-order valence-corrected chi connectivity index (χ2v) is 10.4. The third-order valence-electron chi connectivity index (χ3n) is 6.06. The predicted octanol–water partition coefficient (Wildman–Crippen LogP) is 4.25. The van der Waals surface area contributed by atoms with Gasteiger partial charge in [-0.05, 0) is 81.3 Å². The maximum atomic E-state index is 12.6. The van der Waals surface area contributed by atoms with Gasteiger partial charge in [0, 0.05) is 25.2 Å². The summed E-state index contributed by atoms with van der Waals surface area (Å²) in [7, 11) is -1.73. The number of rotatable bonds is 7. The second-order valence-electron chi connectivity index (χ2n) is 7.96. The van der Waals surface area contributed by atoms with Gasteiger partial charge < -0.3 is 4.90 Å². The minimum atomic E-state index is -3.42. The van der Waals surface area contributed by atoms with Gasteiger partial charge in [0.2, 0.25) is 10.0 Å². The van der Waals surface area contributed by atoms with Gasteiger partial charge in [-0.25, -0.2) is 12.7 Å². The highest BCUT2D eigenvalue weighted by Gasteiger charge is 2.26. The van der Waals surface area contributed by atoms with Crippen molar-refractivity contribution in [2.75, 3.05) is 33.2 Å². The molecule has 1 aromatic rings. The monoisotopic (exact) mass is 398 g/mol. The Hall–Kier alpha value is -0.620. The van der Waals surface area contributed by atoms with Gasteiger partial charge in [-0.2, -0.15) is 0 Å². The molecule has 1 aliphatic carbocycles. The van der Waals surface area contributed by atoms with Crippen LogP contribution in [0, 0.1) is 11.8 Å². The molecule has 1 heterocycles. The van der Waals surface area contributed by atoms with Crippen LogP contribution in [0.4, 0.5) is 0 Å². The Labute approximate surface area is 163 Å². The normalized spacial score (nSPS) is 25.0. The maximum Gasteiger partial charge on any atom is 0.242 e. The Bertz CT molecular complexity index is 664. The molecule has 2 aliphatic rings. The molecule has 0 unspecified atom stereocenters. The summed E-state index contributed by atoms with van der Waals surface area (Å²) in [5, 5.41) is 0.553. The lowest BCUT2D eigenvalue weighted by atomic mass is 9.80. The number of nitrogens with zero attached hydrogens (tertiary/aromatic N) is 2. The molecular formula is C20H31ClN2O2S. The Kier molecular flexibility index (Phi) is 7.00. The van der Waals surface area contributed by atoms with E-state index in [1.54, 1.807) is 31.3 Å². The fourth-order valence-electron chi connectivity index (χ4n) is 4.30. The standard InChI is InChI=1S/C20H31ClN2O2S/c1-22(26(24,25)20-10-8-19(21)9-11-20)15-12-17-4-6-18(7-5-17)16-23-13-2-3-14-23/h8-11,17-18H,2-7,12-16H2,1H3. The first-order chi connectivity index (χ1) is 12.4. The average Bonchev–Trinajstić information content (AvgIpc) is 3.14. The van der Waals surface area contributed by atoms with Gasteiger partial charge in [-0.3, -0.25) is 0 Å². The molecule has 146 valence electrons. The average molecular weight is 399 g/mol. The summed E-state index contributed by atoms with van der Waals surface area (Å²) >= 11 is 5.86. The van der Waals surface area contributed by atoms with Gasteiger partial charge in [0.05, 0.1) is 4.90 Å². The van der Waals surface area contributed by atoms with Crippen LogP contribution in [-0.4, -0.2) is 50.8 Å². The minimum absolute atomic E-state index is 0.318. The Balaban J connectivity index is 1.43. The zero-order chi connectivity index (χ0) is 18.6. The molecule has 0 N–H and O–H groups in total. The lowest BCUT2D eigenvalue weighted by Gasteiger charge is -2.31. The lowest BCUT2D eigenvalue weighted by Crippen LogP contribution is -2.31. The SMILES string of the molecule is CN(CCC1CCC(CN2CCCC2)CC1)S(=O)(=O)c1ccc(Cl)cc1. The van der Waals surface area contributed by atoms with E-state index < -0.39 is 10.0 Å². The number of sulfonamides is 1. The van der Waals surface area contributed by atoms with Gasteiger partial charge in [-0.15, -0.1) is 0 Å². The van der Waals surface area contributed by atoms with E-state index in [2.05, 4.69) is 4.90 Å². The molecule has 0 bridgehead atoms. The van der Waals surface area contributed by atoms with Crippen LogP contribution < -0.4 is 0 Å². The van der Waals surface area contributed by atoms with E-state index in [4.69, 9.17) is 11.6 Å². The molecule has 0 atom stereocenters. The van der Waals surface area contributed by atoms with E-state index in [1.807, 2.05) is 0 Å². The first-order valence-electron chi connectivity index (χ1n) is 9.89. The molecule has 1 aromatic carbocycles. The molecule has 1 saturated heterocycles. The zero-order valence-corrected chi connectivity index (χ0v) is 17.3. The summed E-state index contributed by atoms with van der Waals surface area (Å²) < 4.78 is 26.8. The molecule has 4 nitrogen and oxygen atoms in total. The molecule has 1 saturated carbocycles. The number of benzene rings is 1. The van der Waals surface area contributed by atoms with Crippen molar-refractivity contribution < 1.29 is 8.42 Å². The molecule has 0 aromatic heterocycles. The van der Waals surface area contributed by atoms with Gasteiger partial charge in [-0.1, -0.05) is 24.4 Å². The fraction of sp³-hybridized carbons (Fsp3) is 0.700. The van der Waals surface area contributed by atoms with Gasteiger partial charge in [0.25, 0.3) is 0 Å². The highest BCUT2D eigenvalue weighted by Crippen LogP contribution is 2.32. The smallest absolute Gasteiger partial charge is 0.242 e. The lowest BCUT2D eigenvalue weighted by molar-refractivity contribution is 0.195. The predicted molar refractivity (Wildman–Crippen MR) is 107 cm³/mol. The van der Waals surface area contributed by atoms with E-state index >= 15 is 0 Å². The Morgan fingerprint density at radius 2 is 1.62 bits per heavy atom. The molecule has 1 aliphatic heterocycles. The minimum Gasteiger partial charge on any atom is -0.303 e. The molecule has 0 radical (unpaired) electrons. The van der Waals surface area contributed by atoms with Gasteiger partial charge in [0.15, 0.2) is 0 Å². The third kappa shape index (κ3) is 5.22. The van der Waals surface area contributed by atoms with Crippen LogP contribution in [0.2, 0.25) is 5.02 Å². The van der Waals surface area contributed by atoms with Crippen molar-refractivity contribution in [1.82, 2.24) is 9.21 Å². The molecule has 0 amide bonds. The van der Waals surface area contributed by atoms with Crippen LogP contribution in [-0.2, 0) is 10.0 Å². The number of likely N-dealkylation sites (tertiary alicyclic amines) is 1. The summed E-state index contributed by atoms with van der Waals surface area (Å²) in [5.74, 6) is 1.51. The molecule has 3 rings (SSSR count). The topological polar surface area (TPSA) is 40.6 Å². The molecule has 0 spiro atoms. The van der Waals surface area contributed by atoms with Crippen LogP contribution in [0.3, 0.4) is 0 Å². The zero-order valence-electron chi connectivity index (χ0n) is 15.7. The van der Waals surface area contributed by atoms with Crippen LogP contribution in [0.5, 0.6) is 0 Å². The van der Waals surface area contributed by atoms with Crippen LogP contribution in [0.15, 0.2) is 29.2 Å². The van der Waals surface area contributed by atoms with E-state index in [9.17, 15) is 8.42 Å². The Morgan fingerprint density at radius 1 is 1.04 bits per heavy atom.